The summed E-state index contributed by atoms with van der Waals surface area (Å²) in [6, 6.07) is 4.25. The highest BCUT2D eigenvalue weighted by atomic mass is 32.2. The van der Waals surface area contributed by atoms with E-state index in [-0.39, 0.29) is 12.0 Å². The van der Waals surface area contributed by atoms with Crippen LogP contribution in [0.1, 0.15) is 31.9 Å². The fraction of sp³-hybridized carbons (Fsp3) is 0.571. The molecule has 0 aliphatic heterocycles. The van der Waals surface area contributed by atoms with Crippen molar-refractivity contribution in [2.24, 2.45) is 0 Å². The average molecular weight is 254 g/mol. The lowest BCUT2D eigenvalue weighted by molar-refractivity contribution is 0.216. The van der Waals surface area contributed by atoms with Gasteiger partial charge in [0.1, 0.15) is 5.75 Å². The van der Waals surface area contributed by atoms with E-state index in [0.29, 0.717) is 0 Å². The standard InChI is InChI=1S/C14H22O2S/c1-6-10-7-13(17-5)11(8-12(10)16-4)14(2,3)9-15/h7-8,15H,6,9H2,1-5H3. The van der Waals surface area contributed by atoms with Crippen LogP contribution >= 0.6 is 11.8 Å². The molecule has 0 aliphatic rings. The van der Waals surface area contributed by atoms with Crippen LogP contribution in [-0.2, 0) is 11.8 Å². The first kappa shape index (κ1) is 14.4. The number of rotatable bonds is 5. The first-order valence-corrected chi connectivity index (χ1v) is 7.08. The lowest BCUT2D eigenvalue weighted by atomic mass is 9.84. The maximum atomic E-state index is 9.51. The third-order valence-electron chi connectivity index (χ3n) is 3.11. The molecule has 0 heterocycles. The van der Waals surface area contributed by atoms with E-state index in [0.717, 1.165) is 17.7 Å². The molecule has 0 amide bonds. The van der Waals surface area contributed by atoms with Crippen molar-refractivity contribution >= 4 is 11.8 Å². The Bertz CT molecular complexity index is 386. The zero-order valence-electron chi connectivity index (χ0n) is 11.3. The summed E-state index contributed by atoms with van der Waals surface area (Å²) >= 11 is 1.72. The molecule has 0 bridgehead atoms. The quantitative estimate of drug-likeness (QED) is 0.818. The summed E-state index contributed by atoms with van der Waals surface area (Å²) in [5, 5.41) is 9.51. The number of benzene rings is 1. The minimum Gasteiger partial charge on any atom is -0.496 e. The summed E-state index contributed by atoms with van der Waals surface area (Å²) in [4.78, 5) is 1.22. The van der Waals surface area contributed by atoms with Crippen molar-refractivity contribution in [2.45, 2.75) is 37.5 Å². The van der Waals surface area contributed by atoms with Crippen LogP contribution in [-0.4, -0.2) is 25.1 Å². The van der Waals surface area contributed by atoms with Crippen molar-refractivity contribution in [3.63, 3.8) is 0 Å². The Morgan fingerprint density at radius 1 is 1.35 bits per heavy atom. The van der Waals surface area contributed by atoms with Crippen molar-refractivity contribution in [2.75, 3.05) is 20.0 Å². The van der Waals surface area contributed by atoms with Crippen molar-refractivity contribution in [3.05, 3.63) is 23.3 Å². The average Bonchev–Trinajstić information content (AvgIpc) is 2.36. The number of methoxy groups -OCH3 is 1. The molecule has 0 fully saturated rings. The normalized spacial score (nSPS) is 11.6. The highest BCUT2D eigenvalue weighted by Gasteiger charge is 2.24. The van der Waals surface area contributed by atoms with E-state index in [1.165, 1.54) is 10.5 Å². The summed E-state index contributed by atoms with van der Waals surface area (Å²) in [6.07, 6.45) is 3.02. The molecule has 0 aliphatic carbocycles. The second-order valence-electron chi connectivity index (χ2n) is 4.76. The molecule has 1 N–H and O–H groups in total. The number of ether oxygens (including phenoxy) is 1. The van der Waals surface area contributed by atoms with Gasteiger partial charge in [-0.2, -0.15) is 0 Å². The van der Waals surface area contributed by atoms with E-state index < -0.39 is 0 Å². The van der Waals surface area contributed by atoms with E-state index in [1.54, 1.807) is 18.9 Å². The fourth-order valence-electron chi connectivity index (χ4n) is 1.85. The number of aliphatic hydroxyl groups excluding tert-OH is 1. The van der Waals surface area contributed by atoms with Crippen LogP contribution in [0.15, 0.2) is 17.0 Å². The molecule has 96 valence electrons. The molecule has 1 rings (SSSR count). The third kappa shape index (κ3) is 2.96. The second kappa shape index (κ2) is 5.78. The van der Waals surface area contributed by atoms with Gasteiger partial charge in [0.15, 0.2) is 0 Å². The van der Waals surface area contributed by atoms with Crippen LogP contribution < -0.4 is 4.74 Å². The Morgan fingerprint density at radius 3 is 2.41 bits per heavy atom. The maximum Gasteiger partial charge on any atom is 0.122 e. The van der Waals surface area contributed by atoms with Gasteiger partial charge < -0.3 is 9.84 Å². The molecular formula is C14H22O2S. The maximum absolute atomic E-state index is 9.51. The molecule has 2 nitrogen and oxygen atoms in total. The molecule has 0 saturated heterocycles. The fourth-order valence-corrected chi connectivity index (χ4v) is 2.67. The van der Waals surface area contributed by atoms with E-state index in [4.69, 9.17) is 4.74 Å². The van der Waals surface area contributed by atoms with Gasteiger partial charge in [0.25, 0.3) is 0 Å². The molecule has 1 aromatic rings. The molecule has 1 aromatic carbocycles. The SMILES string of the molecule is CCc1cc(SC)c(C(C)(C)CO)cc1OC. The van der Waals surface area contributed by atoms with E-state index in [2.05, 4.69) is 25.3 Å². The van der Waals surface area contributed by atoms with Crippen LogP contribution in [0.5, 0.6) is 5.75 Å². The molecular weight excluding hydrogens is 232 g/mol. The number of aliphatic hydroxyl groups is 1. The van der Waals surface area contributed by atoms with Gasteiger partial charge >= 0.3 is 0 Å². The summed E-state index contributed by atoms with van der Waals surface area (Å²) in [5.74, 6) is 0.918. The molecule has 0 aromatic heterocycles. The third-order valence-corrected chi connectivity index (χ3v) is 3.89. The topological polar surface area (TPSA) is 29.5 Å². The molecule has 3 heteroatoms. The molecule has 17 heavy (non-hydrogen) atoms. The van der Waals surface area contributed by atoms with Gasteiger partial charge in [-0.3, -0.25) is 0 Å². The van der Waals surface area contributed by atoms with Crippen LogP contribution in [0, 0.1) is 0 Å². The van der Waals surface area contributed by atoms with Gasteiger partial charge in [0.2, 0.25) is 0 Å². The monoisotopic (exact) mass is 254 g/mol. The van der Waals surface area contributed by atoms with Crippen molar-refractivity contribution in [1.82, 2.24) is 0 Å². The summed E-state index contributed by atoms with van der Waals surface area (Å²) < 4.78 is 5.43. The summed E-state index contributed by atoms with van der Waals surface area (Å²) in [5.41, 5.74) is 2.13. The van der Waals surface area contributed by atoms with Crippen molar-refractivity contribution in [1.29, 1.82) is 0 Å². The molecule has 0 radical (unpaired) electrons. The number of aryl methyl sites for hydroxylation is 1. The van der Waals surface area contributed by atoms with Gasteiger partial charge in [0, 0.05) is 10.3 Å². The van der Waals surface area contributed by atoms with E-state index in [1.807, 2.05) is 13.8 Å². The predicted molar refractivity (Wildman–Crippen MR) is 74.3 cm³/mol. The first-order valence-electron chi connectivity index (χ1n) is 5.86. The van der Waals surface area contributed by atoms with E-state index in [9.17, 15) is 5.11 Å². The Hall–Kier alpha value is -0.670. The lowest BCUT2D eigenvalue weighted by Gasteiger charge is -2.26. The molecule has 0 atom stereocenters. The predicted octanol–water partition coefficient (Wildman–Crippen LogP) is 3.25. The number of hydrogen-bond donors (Lipinski definition) is 1. The first-order chi connectivity index (χ1) is 8.00. The zero-order valence-corrected chi connectivity index (χ0v) is 12.1. The zero-order chi connectivity index (χ0) is 13.1. The Morgan fingerprint density at radius 2 is 2.00 bits per heavy atom. The van der Waals surface area contributed by atoms with Gasteiger partial charge in [0.05, 0.1) is 13.7 Å². The summed E-state index contributed by atoms with van der Waals surface area (Å²) in [6.45, 7) is 6.36. The largest absolute Gasteiger partial charge is 0.496 e. The Labute approximate surface area is 108 Å². The molecule has 0 saturated carbocycles. The number of hydrogen-bond acceptors (Lipinski definition) is 3. The van der Waals surface area contributed by atoms with E-state index >= 15 is 0 Å². The van der Waals surface area contributed by atoms with Gasteiger partial charge in [-0.1, -0.05) is 20.8 Å². The highest BCUT2D eigenvalue weighted by Crippen LogP contribution is 2.36. The smallest absolute Gasteiger partial charge is 0.122 e. The minimum absolute atomic E-state index is 0.134. The van der Waals surface area contributed by atoms with Crippen LogP contribution in [0.25, 0.3) is 0 Å². The van der Waals surface area contributed by atoms with Crippen LogP contribution in [0.2, 0.25) is 0 Å². The lowest BCUT2D eigenvalue weighted by Crippen LogP contribution is -2.23. The van der Waals surface area contributed by atoms with Crippen LogP contribution in [0.3, 0.4) is 0 Å². The van der Waals surface area contributed by atoms with Crippen molar-refractivity contribution in [3.8, 4) is 5.75 Å². The summed E-state index contributed by atoms with van der Waals surface area (Å²) in [7, 11) is 1.70. The van der Waals surface area contributed by atoms with Crippen molar-refractivity contribution < 1.29 is 9.84 Å². The Balaban J connectivity index is 3.38. The highest BCUT2D eigenvalue weighted by molar-refractivity contribution is 7.98. The number of thioether (sulfide) groups is 1. The van der Waals surface area contributed by atoms with Gasteiger partial charge in [-0.05, 0) is 35.9 Å². The second-order valence-corrected chi connectivity index (χ2v) is 5.61. The molecule has 0 unspecified atom stereocenters. The van der Waals surface area contributed by atoms with Gasteiger partial charge in [-0.15, -0.1) is 11.8 Å². The molecule has 0 spiro atoms. The van der Waals surface area contributed by atoms with Crippen LogP contribution in [0.4, 0.5) is 0 Å². The minimum atomic E-state index is -0.238. The Kier molecular flexibility index (Phi) is 4.90. The van der Waals surface area contributed by atoms with Gasteiger partial charge in [-0.25, -0.2) is 0 Å².